The van der Waals surface area contributed by atoms with Crippen LogP contribution in [-0.2, 0) is 14.6 Å². The molecule has 0 aliphatic carbocycles. The van der Waals surface area contributed by atoms with E-state index in [2.05, 4.69) is 5.32 Å². The third-order valence-corrected chi connectivity index (χ3v) is 5.42. The standard InChI is InChI=1S/C19H18N2O6S/c1-25-17-9-15(19(22)27-3)16(10-18(17)26-2)21-12-14(11-20)28(23,24)13-7-5-4-6-8-13/h4-10,12,21H,1-3H3/b14-12-. The summed E-state index contributed by atoms with van der Waals surface area (Å²) < 4.78 is 40.3. The van der Waals surface area contributed by atoms with Gasteiger partial charge in [0.1, 0.15) is 6.07 Å². The number of allylic oxidation sites excluding steroid dienone is 1. The molecule has 0 bridgehead atoms. The molecule has 0 radical (unpaired) electrons. The maximum Gasteiger partial charge on any atom is 0.340 e. The molecule has 1 N–H and O–H groups in total. The number of nitrogens with one attached hydrogen (secondary N) is 1. The number of hydrogen-bond donors (Lipinski definition) is 1. The summed E-state index contributed by atoms with van der Waals surface area (Å²) in [6.45, 7) is 0. The van der Waals surface area contributed by atoms with Gasteiger partial charge in [-0.05, 0) is 12.1 Å². The predicted molar refractivity (Wildman–Crippen MR) is 102 cm³/mol. The topological polar surface area (TPSA) is 115 Å². The van der Waals surface area contributed by atoms with Crippen LogP contribution in [0.15, 0.2) is 58.5 Å². The van der Waals surface area contributed by atoms with Crippen molar-refractivity contribution < 1.29 is 27.4 Å². The van der Waals surface area contributed by atoms with Gasteiger partial charge in [0.25, 0.3) is 0 Å². The van der Waals surface area contributed by atoms with Gasteiger partial charge >= 0.3 is 5.97 Å². The van der Waals surface area contributed by atoms with Crippen LogP contribution in [0.3, 0.4) is 0 Å². The molecule has 146 valence electrons. The van der Waals surface area contributed by atoms with Crippen LogP contribution < -0.4 is 14.8 Å². The van der Waals surface area contributed by atoms with Crippen LogP contribution in [0.25, 0.3) is 0 Å². The Morgan fingerprint density at radius 3 is 2.21 bits per heavy atom. The van der Waals surface area contributed by atoms with E-state index < -0.39 is 20.7 Å². The van der Waals surface area contributed by atoms with Crippen molar-refractivity contribution in [1.82, 2.24) is 0 Å². The molecule has 0 heterocycles. The van der Waals surface area contributed by atoms with E-state index >= 15 is 0 Å². The molecule has 2 aromatic rings. The molecule has 0 aliphatic rings. The monoisotopic (exact) mass is 402 g/mol. The summed E-state index contributed by atoms with van der Waals surface area (Å²) >= 11 is 0. The summed E-state index contributed by atoms with van der Waals surface area (Å²) in [5, 5.41) is 12.0. The Hall–Kier alpha value is -3.51. The van der Waals surface area contributed by atoms with Gasteiger partial charge in [0.05, 0.1) is 37.5 Å². The average molecular weight is 402 g/mol. The van der Waals surface area contributed by atoms with Crippen LogP contribution in [-0.4, -0.2) is 35.7 Å². The SMILES string of the molecule is COC(=O)c1cc(OC)c(OC)cc1N/C=C(/C#N)S(=O)(=O)c1ccccc1. The number of hydrogen-bond acceptors (Lipinski definition) is 8. The van der Waals surface area contributed by atoms with Crippen molar-refractivity contribution in [2.24, 2.45) is 0 Å². The Kier molecular flexibility index (Phi) is 6.63. The van der Waals surface area contributed by atoms with Crippen molar-refractivity contribution >= 4 is 21.5 Å². The molecule has 2 aromatic carbocycles. The van der Waals surface area contributed by atoms with Crippen molar-refractivity contribution in [2.45, 2.75) is 4.90 Å². The van der Waals surface area contributed by atoms with Crippen LogP contribution in [0, 0.1) is 11.3 Å². The first-order valence-electron chi connectivity index (χ1n) is 7.90. The zero-order valence-corrected chi connectivity index (χ0v) is 16.2. The molecule has 2 rings (SSSR count). The smallest absolute Gasteiger partial charge is 0.340 e. The Morgan fingerprint density at radius 2 is 1.68 bits per heavy atom. The highest BCUT2D eigenvalue weighted by atomic mass is 32.2. The fraction of sp³-hybridized carbons (Fsp3) is 0.158. The molecule has 0 atom stereocenters. The van der Waals surface area contributed by atoms with E-state index in [9.17, 15) is 18.5 Å². The number of benzene rings is 2. The number of nitrogens with zero attached hydrogens (tertiary/aromatic N) is 1. The normalized spacial score (nSPS) is 11.3. The molecule has 0 aliphatic heterocycles. The second-order valence-corrected chi connectivity index (χ2v) is 7.24. The fourth-order valence-corrected chi connectivity index (χ4v) is 3.42. The molecule has 28 heavy (non-hydrogen) atoms. The Balaban J connectivity index is 2.51. The lowest BCUT2D eigenvalue weighted by atomic mass is 10.1. The summed E-state index contributed by atoms with van der Waals surface area (Å²) in [5.74, 6) is -0.0911. The van der Waals surface area contributed by atoms with Crippen LogP contribution in [0.4, 0.5) is 5.69 Å². The molecule has 0 fully saturated rings. The predicted octanol–water partition coefficient (Wildman–Crippen LogP) is 2.74. The summed E-state index contributed by atoms with van der Waals surface area (Å²) in [5.41, 5.74) is 0.256. The molecular weight excluding hydrogens is 384 g/mol. The summed E-state index contributed by atoms with van der Waals surface area (Å²) in [6, 6.07) is 12.0. The van der Waals surface area contributed by atoms with E-state index in [1.807, 2.05) is 0 Å². The largest absolute Gasteiger partial charge is 0.493 e. The van der Waals surface area contributed by atoms with Gasteiger partial charge in [-0.1, -0.05) is 18.2 Å². The fourth-order valence-electron chi connectivity index (χ4n) is 2.32. The van der Waals surface area contributed by atoms with E-state index in [-0.39, 0.29) is 21.9 Å². The molecule has 0 saturated carbocycles. The Labute approximate surface area is 162 Å². The first kappa shape index (κ1) is 20.8. The van der Waals surface area contributed by atoms with Gasteiger partial charge in [-0.3, -0.25) is 0 Å². The van der Waals surface area contributed by atoms with Gasteiger partial charge < -0.3 is 19.5 Å². The van der Waals surface area contributed by atoms with Gasteiger partial charge in [0.2, 0.25) is 9.84 Å². The maximum atomic E-state index is 12.6. The summed E-state index contributed by atoms with van der Waals surface area (Å²) in [6.07, 6.45) is 1.01. The highest BCUT2D eigenvalue weighted by Crippen LogP contribution is 2.34. The number of carbonyl (C=O) groups is 1. The van der Waals surface area contributed by atoms with Crippen LogP contribution in [0.1, 0.15) is 10.4 Å². The second kappa shape index (κ2) is 8.92. The van der Waals surface area contributed by atoms with Gasteiger partial charge in [-0.2, -0.15) is 5.26 Å². The lowest BCUT2D eigenvalue weighted by Gasteiger charge is -2.14. The summed E-state index contributed by atoms with van der Waals surface area (Å²) in [4.78, 5) is 11.5. The number of esters is 1. The minimum Gasteiger partial charge on any atom is -0.493 e. The van der Waals surface area contributed by atoms with Gasteiger partial charge in [-0.15, -0.1) is 0 Å². The maximum absolute atomic E-state index is 12.6. The quantitative estimate of drug-likeness (QED) is 0.555. The zero-order chi connectivity index (χ0) is 20.7. The lowest BCUT2D eigenvalue weighted by molar-refractivity contribution is 0.0601. The number of ether oxygens (including phenoxy) is 3. The minimum absolute atomic E-state index is 0.0231. The van der Waals surface area contributed by atoms with Gasteiger partial charge in [-0.25, -0.2) is 13.2 Å². The number of rotatable bonds is 7. The molecule has 0 amide bonds. The third kappa shape index (κ3) is 4.24. The second-order valence-electron chi connectivity index (χ2n) is 5.33. The van der Waals surface area contributed by atoms with E-state index in [1.165, 1.54) is 45.6 Å². The molecule has 0 unspecified atom stereocenters. The number of anilines is 1. The van der Waals surface area contributed by atoms with Crippen molar-refractivity contribution in [2.75, 3.05) is 26.6 Å². The average Bonchev–Trinajstić information content (AvgIpc) is 2.73. The number of sulfone groups is 1. The Bertz CT molecular complexity index is 1040. The molecule has 8 nitrogen and oxygen atoms in total. The van der Waals surface area contributed by atoms with Crippen LogP contribution in [0.2, 0.25) is 0 Å². The van der Waals surface area contributed by atoms with E-state index in [1.54, 1.807) is 24.3 Å². The molecule has 9 heteroatoms. The first-order valence-corrected chi connectivity index (χ1v) is 9.38. The molecule has 0 saturated heterocycles. The van der Waals surface area contributed by atoms with E-state index in [0.717, 1.165) is 6.20 Å². The van der Waals surface area contributed by atoms with Crippen molar-refractivity contribution in [1.29, 1.82) is 5.26 Å². The van der Waals surface area contributed by atoms with Crippen LogP contribution in [0.5, 0.6) is 11.5 Å². The molecule has 0 spiro atoms. The van der Waals surface area contributed by atoms with Gasteiger partial charge in [0.15, 0.2) is 16.4 Å². The van der Waals surface area contributed by atoms with Crippen molar-refractivity contribution in [3.8, 4) is 17.6 Å². The number of methoxy groups -OCH3 is 3. The zero-order valence-electron chi connectivity index (χ0n) is 15.4. The summed E-state index contributed by atoms with van der Waals surface area (Å²) in [7, 11) is 0.00592. The number of nitriles is 1. The lowest BCUT2D eigenvalue weighted by Crippen LogP contribution is -2.09. The number of carbonyl (C=O) groups excluding carboxylic acids is 1. The van der Waals surface area contributed by atoms with E-state index in [0.29, 0.717) is 5.75 Å². The highest BCUT2D eigenvalue weighted by molar-refractivity contribution is 7.95. The Morgan fingerprint density at radius 1 is 1.07 bits per heavy atom. The van der Waals surface area contributed by atoms with E-state index in [4.69, 9.17) is 14.2 Å². The molecule has 0 aromatic heterocycles. The van der Waals surface area contributed by atoms with Crippen molar-refractivity contribution in [3.63, 3.8) is 0 Å². The third-order valence-electron chi connectivity index (χ3n) is 3.74. The van der Waals surface area contributed by atoms with Gasteiger partial charge in [0, 0.05) is 18.3 Å². The first-order chi connectivity index (χ1) is 13.4. The molecular formula is C19H18N2O6S. The van der Waals surface area contributed by atoms with Crippen LogP contribution >= 0.6 is 0 Å². The minimum atomic E-state index is -4.02. The van der Waals surface area contributed by atoms with Crippen molar-refractivity contribution in [3.05, 3.63) is 59.1 Å². The highest BCUT2D eigenvalue weighted by Gasteiger charge is 2.22.